The van der Waals surface area contributed by atoms with E-state index in [0.717, 1.165) is 0 Å². The van der Waals surface area contributed by atoms with Gasteiger partial charge in [0, 0.05) is 0 Å². The normalized spacial score (nSPS) is 16.2. The lowest BCUT2D eigenvalue weighted by atomic mass is 9.80. The number of hydrogen-bond donors (Lipinski definition) is 1. The SMILES string of the molecule is CC(C)OCC(C)(C(=O)O)C(C)C. The fraction of sp³-hybridized carbons (Fsp3) is 0.900. The minimum Gasteiger partial charge on any atom is -0.481 e. The molecule has 3 heteroatoms. The molecule has 0 amide bonds. The van der Waals surface area contributed by atoms with E-state index in [9.17, 15) is 4.79 Å². The molecule has 1 N–H and O–H groups in total. The summed E-state index contributed by atoms with van der Waals surface area (Å²) >= 11 is 0. The lowest BCUT2D eigenvalue weighted by molar-refractivity contribution is -0.156. The highest BCUT2D eigenvalue weighted by atomic mass is 16.5. The van der Waals surface area contributed by atoms with Crippen LogP contribution in [0.4, 0.5) is 0 Å². The van der Waals surface area contributed by atoms with E-state index in [2.05, 4.69) is 0 Å². The highest BCUT2D eigenvalue weighted by Gasteiger charge is 2.37. The molecule has 0 rings (SSSR count). The average Bonchev–Trinajstić information content (AvgIpc) is 1.99. The van der Waals surface area contributed by atoms with Crippen molar-refractivity contribution in [3.8, 4) is 0 Å². The van der Waals surface area contributed by atoms with E-state index >= 15 is 0 Å². The van der Waals surface area contributed by atoms with Gasteiger partial charge in [-0.25, -0.2) is 0 Å². The van der Waals surface area contributed by atoms with Crippen molar-refractivity contribution in [3.05, 3.63) is 0 Å². The third-order valence-electron chi connectivity index (χ3n) is 2.48. The van der Waals surface area contributed by atoms with Gasteiger partial charge in [-0.2, -0.15) is 0 Å². The molecule has 13 heavy (non-hydrogen) atoms. The Kier molecular flexibility index (Phi) is 4.40. The second kappa shape index (κ2) is 4.61. The second-order valence-corrected chi connectivity index (χ2v) is 4.24. The maximum atomic E-state index is 11.0. The molecule has 0 bridgehead atoms. The van der Waals surface area contributed by atoms with E-state index in [-0.39, 0.29) is 18.6 Å². The van der Waals surface area contributed by atoms with Crippen LogP contribution in [0, 0.1) is 11.3 Å². The summed E-state index contributed by atoms with van der Waals surface area (Å²) < 4.78 is 5.35. The molecule has 0 aromatic rings. The molecule has 0 radical (unpaired) electrons. The van der Waals surface area contributed by atoms with E-state index in [4.69, 9.17) is 9.84 Å². The maximum absolute atomic E-state index is 11.0. The molecule has 0 aromatic heterocycles. The van der Waals surface area contributed by atoms with Crippen LogP contribution in [0.15, 0.2) is 0 Å². The molecule has 0 aliphatic rings. The van der Waals surface area contributed by atoms with Crippen LogP contribution >= 0.6 is 0 Å². The van der Waals surface area contributed by atoms with Gasteiger partial charge in [0.2, 0.25) is 0 Å². The van der Waals surface area contributed by atoms with Crippen LogP contribution in [0.1, 0.15) is 34.6 Å². The lowest BCUT2D eigenvalue weighted by Crippen LogP contribution is -2.38. The van der Waals surface area contributed by atoms with Gasteiger partial charge in [0.1, 0.15) is 0 Å². The van der Waals surface area contributed by atoms with Crippen LogP contribution in [-0.4, -0.2) is 23.8 Å². The highest BCUT2D eigenvalue weighted by Crippen LogP contribution is 2.27. The molecule has 0 fully saturated rings. The zero-order chi connectivity index (χ0) is 10.6. The Hall–Kier alpha value is -0.570. The predicted molar refractivity (Wildman–Crippen MR) is 51.7 cm³/mol. The Bertz CT molecular complexity index is 175. The first kappa shape index (κ1) is 12.4. The molecule has 1 atom stereocenters. The summed E-state index contributed by atoms with van der Waals surface area (Å²) in [6.45, 7) is 9.61. The van der Waals surface area contributed by atoms with Gasteiger partial charge in [0.05, 0.1) is 18.1 Å². The topological polar surface area (TPSA) is 46.5 Å². The van der Waals surface area contributed by atoms with E-state index in [1.54, 1.807) is 6.92 Å². The molecule has 0 spiro atoms. The number of carboxylic acid groups (broad SMARTS) is 1. The summed E-state index contributed by atoms with van der Waals surface area (Å²) in [4.78, 5) is 11.0. The molecule has 1 unspecified atom stereocenters. The van der Waals surface area contributed by atoms with E-state index in [0.29, 0.717) is 0 Å². The van der Waals surface area contributed by atoms with Crippen molar-refractivity contribution in [1.29, 1.82) is 0 Å². The molecule has 0 aliphatic heterocycles. The predicted octanol–water partition coefficient (Wildman–Crippen LogP) is 2.16. The zero-order valence-electron chi connectivity index (χ0n) is 9.13. The molecule has 3 nitrogen and oxygen atoms in total. The number of aliphatic carboxylic acids is 1. The summed E-state index contributed by atoms with van der Waals surface area (Å²) in [5.74, 6) is -0.716. The van der Waals surface area contributed by atoms with Crippen LogP contribution in [0.25, 0.3) is 0 Å². The number of ether oxygens (including phenoxy) is 1. The van der Waals surface area contributed by atoms with Crippen LogP contribution in [-0.2, 0) is 9.53 Å². The van der Waals surface area contributed by atoms with E-state index in [1.807, 2.05) is 27.7 Å². The van der Waals surface area contributed by atoms with Crippen molar-refractivity contribution in [2.75, 3.05) is 6.61 Å². The monoisotopic (exact) mass is 188 g/mol. The highest BCUT2D eigenvalue weighted by molar-refractivity contribution is 5.74. The van der Waals surface area contributed by atoms with Crippen molar-refractivity contribution in [1.82, 2.24) is 0 Å². The Labute approximate surface area is 80.1 Å². The van der Waals surface area contributed by atoms with Gasteiger partial charge in [-0.05, 0) is 26.7 Å². The van der Waals surface area contributed by atoms with Crippen molar-refractivity contribution < 1.29 is 14.6 Å². The van der Waals surface area contributed by atoms with Crippen molar-refractivity contribution >= 4 is 5.97 Å². The second-order valence-electron chi connectivity index (χ2n) is 4.24. The molecular weight excluding hydrogens is 168 g/mol. The number of rotatable bonds is 5. The van der Waals surface area contributed by atoms with Crippen molar-refractivity contribution in [2.45, 2.75) is 40.7 Å². The Morgan fingerprint density at radius 1 is 1.38 bits per heavy atom. The lowest BCUT2D eigenvalue weighted by Gasteiger charge is -2.29. The quantitative estimate of drug-likeness (QED) is 0.719. The van der Waals surface area contributed by atoms with E-state index < -0.39 is 11.4 Å². The Balaban J connectivity index is 4.34. The molecule has 0 aromatic carbocycles. The first-order valence-corrected chi connectivity index (χ1v) is 4.65. The first-order valence-electron chi connectivity index (χ1n) is 4.65. The Morgan fingerprint density at radius 3 is 2.08 bits per heavy atom. The standard InChI is InChI=1S/C10H20O3/c1-7(2)10(5,9(11)12)6-13-8(3)4/h7-8H,6H2,1-5H3,(H,11,12). The summed E-state index contributed by atoms with van der Waals surface area (Å²) in [5.41, 5.74) is -0.774. The minimum atomic E-state index is -0.789. The number of carboxylic acids is 1. The van der Waals surface area contributed by atoms with Crippen LogP contribution in [0.3, 0.4) is 0 Å². The summed E-state index contributed by atoms with van der Waals surface area (Å²) in [6.07, 6.45) is 0.0809. The van der Waals surface area contributed by atoms with Gasteiger partial charge in [0.25, 0.3) is 0 Å². The third-order valence-corrected chi connectivity index (χ3v) is 2.48. The van der Waals surface area contributed by atoms with Gasteiger partial charge in [-0.15, -0.1) is 0 Å². The van der Waals surface area contributed by atoms with Crippen LogP contribution in [0.2, 0.25) is 0 Å². The Morgan fingerprint density at radius 2 is 1.85 bits per heavy atom. The molecule has 0 saturated heterocycles. The third kappa shape index (κ3) is 3.35. The molecule has 0 aliphatic carbocycles. The van der Waals surface area contributed by atoms with Gasteiger partial charge in [0.15, 0.2) is 0 Å². The van der Waals surface area contributed by atoms with E-state index in [1.165, 1.54) is 0 Å². The molecule has 0 heterocycles. The molecule has 0 saturated carbocycles. The van der Waals surface area contributed by atoms with Gasteiger partial charge < -0.3 is 9.84 Å². The number of hydrogen-bond acceptors (Lipinski definition) is 2. The number of carbonyl (C=O) groups is 1. The van der Waals surface area contributed by atoms with Crippen molar-refractivity contribution in [3.63, 3.8) is 0 Å². The summed E-state index contributed by atoms with van der Waals surface area (Å²) in [5, 5.41) is 9.04. The summed E-state index contributed by atoms with van der Waals surface area (Å²) in [6, 6.07) is 0. The maximum Gasteiger partial charge on any atom is 0.311 e. The molecular formula is C10H20O3. The smallest absolute Gasteiger partial charge is 0.311 e. The minimum absolute atomic E-state index is 0.0729. The van der Waals surface area contributed by atoms with Crippen molar-refractivity contribution in [2.24, 2.45) is 11.3 Å². The summed E-state index contributed by atoms with van der Waals surface area (Å²) in [7, 11) is 0. The largest absolute Gasteiger partial charge is 0.481 e. The van der Waals surface area contributed by atoms with Crippen LogP contribution < -0.4 is 0 Å². The van der Waals surface area contributed by atoms with Crippen LogP contribution in [0.5, 0.6) is 0 Å². The van der Waals surface area contributed by atoms with Gasteiger partial charge in [-0.3, -0.25) is 4.79 Å². The fourth-order valence-corrected chi connectivity index (χ4v) is 0.815. The van der Waals surface area contributed by atoms with Gasteiger partial charge in [-0.1, -0.05) is 13.8 Å². The zero-order valence-corrected chi connectivity index (χ0v) is 9.13. The first-order chi connectivity index (χ1) is 5.80. The molecule has 78 valence electrons. The van der Waals surface area contributed by atoms with Gasteiger partial charge >= 0.3 is 5.97 Å². The fourth-order valence-electron chi connectivity index (χ4n) is 0.815. The average molecular weight is 188 g/mol.